The standard InChI is InChI=1S/C20H18ClN3O5S2/c1-12-5-8-18(30-12)20(27)22-11-19(26)23-16-10-15(6-7-17(16)25)31(28,29)24-14-4-2-3-13(21)9-14/h2-10,24-25H,11H2,1H3,(H,22,27)(H,23,26). The number of hydrogen-bond donors (Lipinski definition) is 4. The molecule has 0 saturated heterocycles. The number of rotatable bonds is 7. The number of benzene rings is 2. The van der Waals surface area contributed by atoms with Crippen LogP contribution in [0.2, 0.25) is 5.02 Å². The maximum Gasteiger partial charge on any atom is 0.261 e. The smallest absolute Gasteiger partial charge is 0.261 e. The predicted molar refractivity (Wildman–Crippen MR) is 120 cm³/mol. The van der Waals surface area contributed by atoms with Gasteiger partial charge in [0.05, 0.1) is 27.7 Å². The number of aromatic hydroxyl groups is 1. The lowest BCUT2D eigenvalue weighted by Gasteiger charge is -2.12. The molecule has 0 aliphatic rings. The van der Waals surface area contributed by atoms with Gasteiger partial charge in [-0.25, -0.2) is 8.42 Å². The zero-order chi connectivity index (χ0) is 22.6. The largest absolute Gasteiger partial charge is 0.506 e. The summed E-state index contributed by atoms with van der Waals surface area (Å²) >= 11 is 7.17. The zero-order valence-electron chi connectivity index (χ0n) is 16.2. The monoisotopic (exact) mass is 479 g/mol. The van der Waals surface area contributed by atoms with Crippen molar-refractivity contribution in [1.82, 2.24) is 5.32 Å². The molecule has 3 aromatic rings. The number of thiophene rings is 1. The summed E-state index contributed by atoms with van der Waals surface area (Å²) in [5.41, 5.74) is 0.151. The van der Waals surface area contributed by atoms with E-state index < -0.39 is 21.8 Å². The first-order chi connectivity index (χ1) is 14.6. The number of hydrogen-bond acceptors (Lipinski definition) is 6. The zero-order valence-corrected chi connectivity index (χ0v) is 18.6. The minimum Gasteiger partial charge on any atom is -0.506 e. The molecule has 8 nitrogen and oxygen atoms in total. The van der Waals surface area contributed by atoms with Crippen molar-refractivity contribution < 1.29 is 23.1 Å². The average Bonchev–Trinajstić information content (AvgIpc) is 3.14. The molecule has 0 aliphatic carbocycles. The number of phenols is 1. The highest BCUT2D eigenvalue weighted by atomic mass is 35.5. The lowest BCUT2D eigenvalue weighted by molar-refractivity contribution is -0.115. The van der Waals surface area contributed by atoms with Gasteiger partial charge in [-0.05, 0) is 55.5 Å². The second-order valence-electron chi connectivity index (χ2n) is 6.44. The van der Waals surface area contributed by atoms with Crippen molar-refractivity contribution in [3.05, 3.63) is 69.4 Å². The number of carbonyl (C=O) groups is 2. The average molecular weight is 480 g/mol. The van der Waals surface area contributed by atoms with E-state index in [0.717, 1.165) is 17.0 Å². The predicted octanol–water partition coefficient (Wildman–Crippen LogP) is 3.58. The van der Waals surface area contributed by atoms with E-state index in [-0.39, 0.29) is 28.6 Å². The number of amides is 2. The molecule has 0 aliphatic heterocycles. The Morgan fingerprint density at radius 2 is 1.87 bits per heavy atom. The van der Waals surface area contributed by atoms with Crippen LogP contribution >= 0.6 is 22.9 Å². The van der Waals surface area contributed by atoms with E-state index in [1.165, 1.54) is 29.5 Å². The quantitative estimate of drug-likeness (QED) is 0.385. The summed E-state index contributed by atoms with van der Waals surface area (Å²) in [6.45, 7) is 1.51. The summed E-state index contributed by atoms with van der Waals surface area (Å²) in [5, 5.41) is 15.2. The maximum atomic E-state index is 12.6. The van der Waals surface area contributed by atoms with Crippen LogP contribution in [0.25, 0.3) is 0 Å². The minimum atomic E-state index is -4.00. The van der Waals surface area contributed by atoms with Gasteiger partial charge in [-0.3, -0.25) is 14.3 Å². The van der Waals surface area contributed by atoms with Crippen LogP contribution in [0.5, 0.6) is 5.75 Å². The minimum absolute atomic E-state index is 0.111. The first-order valence-corrected chi connectivity index (χ1v) is 11.6. The third-order valence-corrected chi connectivity index (χ3v) is 6.62. The summed E-state index contributed by atoms with van der Waals surface area (Å²) < 4.78 is 27.6. The maximum absolute atomic E-state index is 12.6. The van der Waals surface area contributed by atoms with E-state index in [9.17, 15) is 23.1 Å². The molecular weight excluding hydrogens is 462 g/mol. The Balaban J connectivity index is 1.68. The van der Waals surface area contributed by atoms with E-state index in [4.69, 9.17) is 11.6 Å². The first kappa shape index (κ1) is 22.6. The second kappa shape index (κ2) is 9.38. The topological polar surface area (TPSA) is 125 Å². The number of nitrogens with one attached hydrogen (secondary N) is 3. The first-order valence-electron chi connectivity index (χ1n) is 8.90. The van der Waals surface area contributed by atoms with Crippen molar-refractivity contribution in [3.63, 3.8) is 0 Å². The highest BCUT2D eigenvalue weighted by molar-refractivity contribution is 7.92. The molecule has 31 heavy (non-hydrogen) atoms. The molecule has 162 valence electrons. The van der Waals surface area contributed by atoms with E-state index in [1.807, 2.05) is 6.92 Å². The fourth-order valence-corrected chi connectivity index (χ4v) is 4.60. The normalized spacial score (nSPS) is 11.0. The number of phenolic OH excluding ortho intramolecular Hbond substituents is 1. The molecule has 0 saturated carbocycles. The molecule has 0 bridgehead atoms. The molecule has 0 fully saturated rings. The van der Waals surface area contributed by atoms with Crippen molar-refractivity contribution in [1.29, 1.82) is 0 Å². The van der Waals surface area contributed by atoms with Crippen molar-refractivity contribution in [3.8, 4) is 5.75 Å². The Morgan fingerprint density at radius 3 is 2.55 bits per heavy atom. The van der Waals surface area contributed by atoms with Crippen LogP contribution in [0, 0.1) is 6.92 Å². The fourth-order valence-electron chi connectivity index (χ4n) is 2.55. The van der Waals surface area contributed by atoms with Crippen molar-refractivity contribution in [2.75, 3.05) is 16.6 Å². The number of anilines is 2. The molecule has 1 heterocycles. The summed E-state index contributed by atoms with van der Waals surface area (Å²) in [7, 11) is -4.00. The van der Waals surface area contributed by atoms with Crippen molar-refractivity contribution in [2.45, 2.75) is 11.8 Å². The highest BCUT2D eigenvalue weighted by Gasteiger charge is 2.18. The number of carbonyl (C=O) groups excluding carboxylic acids is 2. The van der Waals surface area contributed by atoms with Gasteiger partial charge in [-0.1, -0.05) is 17.7 Å². The molecular formula is C20H18ClN3O5S2. The van der Waals surface area contributed by atoms with Crippen LogP contribution < -0.4 is 15.4 Å². The van der Waals surface area contributed by atoms with Crippen molar-refractivity contribution in [2.24, 2.45) is 0 Å². The summed E-state index contributed by atoms with van der Waals surface area (Å²) in [5.74, 6) is -1.36. The van der Waals surface area contributed by atoms with E-state index in [1.54, 1.807) is 24.3 Å². The van der Waals surface area contributed by atoms with Gasteiger partial charge >= 0.3 is 0 Å². The molecule has 1 aromatic heterocycles. The third kappa shape index (κ3) is 5.97. The van der Waals surface area contributed by atoms with Gasteiger partial charge < -0.3 is 15.7 Å². The number of sulfonamides is 1. The molecule has 11 heteroatoms. The van der Waals surface area contributed by atoms with E-state index >= 15 is 0 Å². The van der Waals surface area contributed by atoms with Gasteiger partial charge in [-0.2, -0.15) is 0 Å². The molecule has 0 atom stereocenters. The van der Waals surface area contributed by atoms with Crippen molar-refractivity contribution >= 4 is 56.2 Å². The molecule has 2 aromatic carbocycles. The molecule has 2 amide bonds. The Bertz CT molecular complexity index is 1240. The Kier molecular flexibility index (Phi) is 6.84. The van der Waals surface area contributed by atoms with Gasteiger partial charge in [-0.15, -0.1) is 11.3 Å². The van der Waals surface area contributed by atoms with Gasteiger partial charge in [0, 0.05) is 9.90 Å². The van der Waals surface area contributed by atoms with Crippen LogP contribution in [-0.4, -0.2) is 31.9 Å². The molecule has 4 N–H and O–H groups in total. The van der Waals surface area contributed by atoms with Crippen LogP contribution in [-0.2, 0) is 14.8 Å². The highest BCUT2D eigenvalue weighted by Crippen LogP contribution is 2.28. The van der Waals surface area contributed by atoms with Gasteiger partial charge in [0.25, 0.3) is 15.9 Å². The summed E-state index contributed by atoms with van der Waals surface area (Å²) in [6, 6.07) is 13.1. The van der Waals surface area contributed by atoms with Crippen LogP contribution in [0.1, 0.15) is 14.5 Å². The molecule has 3 rings (SSSR count). The lowest BCUT2D eigenvalue weighted by Crippen LogP contribution is -2.32. The van der Waals surface area contributed by atoms with Crippen LogP contribution in [0.15, 0.2) is 59.5 Å². The van der Waals surface area contributed by atoms with E-state index in [0.29, 0.717) is 9.90 Å². The van der Waals surface area contributed by atoms with Crippen LogP contribution in [0.4, 0.5) is 11.4 Å². The molecule has 0 radical (unpaired) electrons. The molecule has 0 spiro atoms. The van der Waals surface area contributed by atoms with Gasteiger partial charge in [0.2, 0.25) is 5.91 Å². The second-order valence-corrected chi connectivity index (χ2v) is 9.84. The number of halogens is 1. The van der Waals surface area contributed by atoms with Crippen LogP contribution in [0.3, 0.4) is 0 Å². The Labute approximate surface area is 187 Å². The number of aryl methyl sites for hydroxylation is 1. The van der Waals surface area contributed by atoms with E-state index in [2.05, 4.69) is 15.4 Å². The summed E-state index contributed by atoms with van der Waals surface area (Å²) in [6.07, 6.45) is 0. The molecule has 0 unspecified atom stereocenters. The third-order valence-electron chi connectivity index (χ3n) is 4.00. The van der Waals surface area contributed by atoms with Gasteiger partial charge in [0.1, 0.15) is 5.75 Å². The Morgan fingerprint density at radius 1 is 1.10 bits per heavy atom. The fraction of sp³-hybridized carbons (Fsp3) is 0.100. The van der Waals surface area contributed by atoms with Gasteiger partial charge in [0.15, 0.2) is 0 Å². The Hall–Kier alpha value is -3.08. The SMILES string of the molecule is Cc1ccc(C(=O)NCC(=O)Nc2cc(S(=O)(=O)Nc3cccc(Cl)c3)ccc2O)s1. The lowest BCUT2D eigenvalue weighted by atomic mass is 10.3. The summed E-state index contributed by atoms with van der Waals surface area (Å²) in [4.78, 5) is 25.5.